The number of rotatable bonds is 1. The van der Waals surface area contributed by atoms with Crippen LogP contribution >= 0.6 is 0 Å². The van der Waals surface area contributed by atoms with Gasteiger partial charge in [-0.05, 0) is 55.8 Å². The molecule has 0 amide bonds. The molecule has 4 fully saturated rings. The van der Waals surface area contributed by atoms with Crippen LogP contribution in [0.25, 0.3) is 0 Å². The summed E-state index contributed by atoms with van der Waals surface area (Å²) in [6.45, 7) is 0. The van der Waals surface area contributed by atoms with Gasteiger partial charge in [-0.3, -0.25) is 0 Å². The molecule has 4 nitrogen and oxygen atoms in total. The van der Waals surface area contributed by atoms with E-state index < -0.39 is 0 Å². The Kier molecular flexibility index (Phi) is 1.96. The van der Waals surface area contributed by atoms with Gasteiger partial charge in [0.2, 0.25) is 0 Å². The molecule has 90 valence electrons. The van der Waals surface area contributed by atoms with Gasteiger partial charge in [0.25, 0.3) is 0 Å². The Morgan fingerprint density at radius 1 is 0.941 bits per heavy atom. The van der Waals surface area contributed by atoms with Crippen molar-refractivity contribution in [3.05, 3.63) is 12.0 Å². The molecular formula is C13H18N4. The molecule has 4 aliphatic carbocycles. The molecular weight excluding hydrogens is 212 g/mol. The largest absolute Gasteiger partial charge is 0.381 e. The Morgan fingerprint density at radius 3 is 2.12 bits per heavy atom. The Bertz CT molecular complexity index is 400. The molecule has 2 N–H and O–H groups in total. The van der Waals surface area contributed by atoms with Crippen LogP contribution in [0.2, 0.25) is 0 Å². The van der Waals surface area contributed by atoms with Crippen LogP contribution in [0.3, 0.4) is 0 Å². The van der Waals surface area contributed by atoms with E-state index in [1.807, 2.05) is 0 Å². The molecule has 0 unspecified atom stereocenters. The van der Waals surface area contributed by atoms with Gasteiger partial charge in [0, 0.05) is 5.92 Å². The summed E-state index contributed by atoms with van der Waals surface area (Å²) in [5.74, 6) is 5.57. The first-order valence-corrected chi connectivity index (χ1v) is 6.74. The van der Waals surface area contributed by atoms with Gasteiger partial charge in [-0.1, -0.05) is 0 Å². The molecule has 4 saturated carbocycles. The molecule has 4 heteroatoms. The minimum absolute atomic E-state index is 0.428. The lowest BCUT2D eigenvalue weighted by Crippen LogP contribution is -2.44. The van der Waals surface area contributed by atoms with Crippen molar-refractivity contribution in [3.8, 4) is 0 Å². The van der Waals surface area contributed by atoms with Gasteiger partial charge >= 0.3 is 0 Å². The number of hydrogen-bond donors (Lipinski definition) is 1. The summed E-state index contributed by atoms with van der Waals surface area (Å²) in [6, 6.07) is 0. The Labute approximate surface area is 101 Å². The van der Waals surface area contributed by atoms with Gasteiger partial charge in [-0.25, -0.2) is 4.98 Å². The lowest BCUT2D eigenvalue weighted by Gasteiger charge is -2.53. The molecule has 0 aromatic carbocycles. The second-order valence-corrected chi connectivity index (χ2v) is 6.20. The topological polar surface area (TPSA) is 64.7 Å². The molecule has 0 radical (unpaired) electrons. The van der Waals surface area contributed by atoms with Crippen LogP contribution in [0.5, 0.6) is 0 Å². The van der Waals surface area contributed by atoms with E-state index in [-0.39, 0.29) is 0 Å². The van der Waals surface area contributed by atoms with Crippen LogP contribution in [0, 0.1) is 23.7 Å². The first kappa shape index (κ1) is 9.80. The third-order valence-electron chi connectivity index (χ3n) is 5.12. The zero-order chi connectivity index (χ0) is 11.4. The van der Waals surface area contributed by atoms with Gasteiger partial charge in [0.05, 0.1) is 6.20 Å². The SMILES string of the molecule is Nc1cnc(C2C3CC4CC(C3)CC2C4)nn1. The van der Waals surface area contributed by atoms with E-state index in [9.17, 15) is 0 Å². The van der Waals surface area contributed by atoms with Crippen molar-refractivity contribution < 1.29 is 0 Å². The predicted octanol–water partition coefficient (Wildman–Crippen LogP) is 1.99. The average molecular weight is 230 g/mol. The van der Waals surface area contributed by atoms with Gasteiger partial charge in [0.1, 0.15) is 0 Å². The first-order chi connectivity index (χ1) is 8.29. The van der Waals surface area contributed by atoms with Gasteiger partial charge in [-0.15, -0.1) is 10.2 Å². The Morgan fingerprint density at radius 2 is 1.59 bits per heavy atom. The lowest BCUT2D eigenvalue weighted by molar-refractivity contribution is -0.00596. The molecule has 4 aliphatic rings. The molecule has 0 spiro atoms. The second-order valence-electron chi connectivity index (χ2n) is 6.20. The van der Waals surface area contributed by atoms with Crippen molar-refractivity contribution in [2.75, 3.05) is 5.73 Å². The van der Waals surface area contributed by atoms with Crippen molar-refractivity contribution in [2.24, 2.45) is 23.7 Å². The summed E-state index contributed by atoms with van der Waals surface area (Å²) >= 11 is 0. The minimum atomic E-state index is 0.428. The van der Waals surface area contributed by atoms with Crippen LogP contribution in [0.4, 0.5) is 5.82 Å². The van der Waals surface area contributed by atoms with Crippen molar-refractivity contribution in [1.82, 2.24) is 15.2 Å². The number of nitrogen functional groups attached to an aromatic ring is 1. The standard InChI is InChI=1S/C13H18N4/c14-11-6-15-13(17-16-11)12-9-2-7-1-8(4-9)5-10(12)3-7/h6-10,12H,1-5H2,(H2,14,16). The summed E-state index contributed by atoms with van der Waals surface area (Å²) in [5, 5.41) is 8.22. The second kappa shape index (κ2) is 3.40. The van der Waals surface area contributed by atoms with Crippen LogP contribution in [0.1, 0.15) is 43.8 Å². The van der Waals surface area contributed by atoms with Crippen LogP contribution in [-0.4, -0.2) is 15.2 Å². The third-order valence-corrected chi connectivity index (χ3v) is 5.12. The normalized spacial score (nSPS) is 42.9. The van der Waals surface area contributed by atoms with E-state index in [1.54, 1.807) is 6.20 Å². The molecule has 1 aromatic rings. The van der Waals surface area contributed by atoms with E-state index in [0.29, 0.717) is 11.7 Å². The van der Waals surface area contributed by atoms with E-state index in [1.165, 1.54) is 32.1 Å². The maximum atomic E-state index is 5.57. The van der Waals surface area contributed by atoms with E-state index in [4.69, 9.17) is 5.73 Å². The quantitative estimate of drug-likeness (QED) is 0.801. The third kappa shape index (κ3) is 1.46. The van der Waals surface area contributed by atoms with Gasteiger partial charge in [-0.2, -0.15) is 0 Å². The summed E-state index contributed by atoms with van der Waals surface area (Å²) in [5.41, 5.74) is 5.57. The van der Waals surface area contributed by atoms with Crippen molar-refractivity contribution in [3.63, 3.8) is 0 Å². The summed E-state index contributed by atoms with van der Waals surface area (Å²) in [7, 11) is 0. The summed E-state index contributed by atoms with van der Waals surface area (Å²) in [4.78, 5) is 4.43. The zero-order valence-corrected chi connectivity index (χ0v) is 9.92. The van der Waals surface area contributed by atoms with Crippen molar-refractivity contribution in [2.45, 2.75) is 38.0 Å². The molecule has 5 rings (SSSR count). The van der Waals surface area contributed by atoms with E-state index in [0.717, 1.165) is 29.5 Å². The molecule has 17 heavy (non-hydrogen) atoms. The Hall–Kier alpha value is -1.19. The highest BCUT2D eigenvalue weighted by atomic mass is 15.2. The van der Waals surface area contributed by atoms with Crippen LogP contribution in [0.15, 0.2) is 6.20 Å². The number of nitrogens with zero attached hydrogens (tertiary/aromatic N) is 3. The average Bonchev–Trinajstić information content (AvgIpc) is 2.30. The summed E-state index contributed by atoms with van der Waals surface area (Å²) in [6.07, 6.45) is 8.72. The molecule has 0 saturated heterocycles. The monoisotopic (exact) mass is 230 g/mol. The fourth-order valence-electron chi connectivity index (χ4n) is 4.79. The van der Waals surface area contributed by atoms with Crippen molar-refractivity contribution in [1.29, 1.82) is 0 Å². The smallest absolute Gasteiger partial charge is 0.164 e. The lowest BCUT2D eigenvalue weighted by atomic mass is 9.52. The maximum absolute atomic E-state index is 5.57. The number of aromatic nitrogens is 3. The first-order valence-electron chi connectivity index (χ1n) is 6.74. The molecule has 0 atom stereocenters. The number of nitrogens with two attached hydrogens (primary N) is 1. The summed E-state index contributed by atoms with van der Waals surface area (Å²) < 4.78 is 0. The highest BCUT2D eigenvalue weighted by Gasteiger charge is 2.49. The van der Waals surface area contributed by atoms with Crippen molar-refractivity contribution >= 4 is 5.82 Å². The molecule has 0 aliphatic heterocycles. The van der Waals surface area contributed by atoms with E-state index in [2.05, 4.69) is 15.2 Å². The van der Waals surface area contributed by atoms with E-state index >= 15 is 0 Å². The van der Waals surface area contributed by atoms with Crippen LogP contribution in [-0.2, 0) is 0 Å². The Balaban J connectivity index is 1.68. The molecule has 1 aromatic heterocycles. The highest BCUT2D eigenvalue weighted by molar-refractivity contribution is 5.21. The minimum Gasteiger partial charge on any atom is -0.381 e. The van der Waals surface area contributed by atoms with Gasteiger partial charge < -0.3 is 5.73 Å². The number of hydrogen-bond acceptors (Lipinski definition) is 4. The molecule has 4 bridgehead atoms. The fourth-order valence-corrected chi connectivity index (χ4v) is 4.79. The highest BCUT2D eigenvalue weighted by Crippen LogP contribution is 2.59. The maximum Gasteiger partial charge on any atom is 0.164 e. The predicted molar refractivity (Wildman–Crippen MR) is 64.0 cm³/mol. The van der Waals surface area contributed by atoms with Gasteiger partial charge in [0.15, 0.2) is 11.6 Å². The fraction of sp³-hybridized carbons (Fsp3) is 0.769. The molecule has 1 heterocycles. The zero-order valence-electron chi connectivity index (χ0n) is 9.92. The van der Waals surface area contributed by atoms with Crippen LogP contribution < -0.4 is 5.73 Å². The number of anilines is 1.